The summed E-state index contributed by atoms with van der Waals surface area (Å²) in [6, 6.07) is 0. The smallest absolute Gasteiger partial charge is 0.311 e. The van der Waals surface area contributed by atoms with Gasteiger partial charge >= 0.3 is 5.97 Å². The van der Waals surface area contributed by atoms with Crippen LogP contribution in [0, 0.1) is 5.41 Å². The largest absolute Gasteiger partial charge is 0.463 e. The van der Waals surface area contributed by atoms with Crippen LogP contribution >= 0.6 is 0 Å². The maximum absolute atomic E-state index is 11.9. The molecule has 0 aliphatic heterocycles. The van der Waals surface area contributed by atoms with Crippen molar-refractivity contribution in [1.29, 1.82) is 0 Å². The molecule has 0 aromatic carbocycles. The first kappa shape index (κ1) is 114. The Morgan fingerprint density at radius 2 is 0.250 bits per heavy atom. The second-order valence-electron chi connectivity index (χ2n) is 27.0. The third-order valence-corrected chi connectivity index (χ3v) is 16.8. The average Bonchev–Trinajstić information content (AvgIpc) is 0.899. The second kappa shape index (κ2) is 106. The van der Waals surface area contributed by atoms with Crippen molar-refractivity contribution in [1.82, 2.24) is 0 Å². The number of unbranched alkanes of at least 4 members (excludes halogenated alkanes) is 15. The fourth-order valence-electron chi connectivity index (χ4n) is 9.76. The van der Waals surface area contributed by atoms with Crippen molar-refractivity contribution in [2.24, 2.45) is 5.41 Å². The maximum Gasteiger partial charge on any atom is 0.311 e. The molecule has 0 N–H and O–H groups in total. The van der Waals surface area contributed by atoms with Gasteiger partial charge in [0.25, 0.3) is 0 Å². The molecule has 0 unspecified atom stereocenters. The summed E-state index contributed by atoms with van der Waals surface area (Å²) in [7, 11) is 0. The number of rotatable bonds is 109. The lowest BCUT2D eigenvalue weighted by molar-refractivity contribution is -0.155. The molecule has 32 nitrogen and oxygen atoms in total. The summed E-state index contributed by atoms with van der Waals surface area (Å²) in [5.41, 5.74) is -0.469. The highest BCUT2D eigenvalue weighted by atomic mass is 16.6. The van der Waals surface area contributed by atoms with Gasteiger partial charge in [-0.25, -0.2) is 0 Å². The number of hydrogen-bond acceptors (Lipinski definition) is 32. The van der Waals surface area contributed by atoms with Gasteiger partial charge < -0.3 is 147 Å². The van der Waals surface area contributed by atoms with Crippen molar-refractivity contribution < 1.29 is 152 Å². The molecule has 0 rings (SSSR count). The molecular formula is C84H168O32. The summed E-state index contributed by atoms with van der Waals surface area (Å²) in [6.07, 6.45) is 22.8. The molecule has 0 spiro atoms. The van der Waals surface area contributed by atoms with E-state index in [0.717, 1.165) is 19.4 Å². The Hall–Kier alpha value is -1.73. The Balaban J connectivity index is 3.11. The van der Waals surface area contributed by atoms with Crippen LogP contribution in [0.2, 0.25) is 0 Å². The maximum atomic E-state index is 11.9. The van der Waals surface area contributed by atoms with E-state index >= 15 is 0 Å². The van der Waals surface area contributed by atoms with E-state index in [1.807, 2.05) is 20.8 Å². The van der Waals surface area contributed by atoms with E-state index in [1.165, 1.54) is 96.3 Å². The molecule has 0 aromatic rings. The fraction of sp³-hybridized carbons (Fsp3) is 0.988. The van der Waals surface area contributed by atoms with Crippen molar-refractivity contribution in [3.05, 3.63) is 0 Å². The highest BCUT2D eigenvalue weighted by molar-refractivity contribution is 5.75. The van der Waals surface area contributed by atoms with Crippen molar-refractivity contribution in [3.63, 3.8) is 0 Å². The SMILES string of the molecule is CCCCCCCCCCCCCCCCCCOCCOCCOCCOCCOCCOCCOCCOCCOCCOCCOCCOCCOCCOCCOCCOCCOCCOCCOCCOCCOCCOCCOCCOCCOCCOCCOCCOCCOCCOCCOC(=O)C(C)(C)CC. The predicted molar refractivity (Wildman–Crippen MR) is 439 cm³/mol. The van der Waals surface area contributed by atoms with Crippen molar-refractivity contribution in [3.8, 4) is 0 Å². The number of esters is 1. The molecule has 0 aromatic heterocycles. The van der Waals surface area contributed by atoms with Gasteiger partial charge in [-0.2, -0.15) is 0 Å². The van der Waals surface area contributed by atoms with E-state index in [0.29, 0.717) is 390 Å². The number of hydrogen-bond donors (Lipinski definition) is 0. The quantitative estimate of drug-likeness (QED) is 0.0406. The minimum Gasteiger partial charge on any atom is -0.463 e. The van der Waals surface area contributed by atoms with Gasteiger partial charge in [-0.15, -0.1) is 0 Å². The molecule has 0 aliphatic carbocycles. The molecule has 116 heavy (non-hydrogen) atoms. The first-order valence-electron chi connectivity index (χ1n) is 44.0. The Morgan fingerprint density at radius 1 is 0.147 bits per heavy atom. The van der Waals surface area contributed by atoms with Gasteiger partial charge in [0.15, 0.2) is 0 Å². The third-order valence-electron chi connectivity index (χ3n) is 16.8. The lowest BCUT2D eigenvalue weighted by Crippen LogP contribution is -2.27. The van der Waals surface area contributed by atoms with Gasteiger partial charge in [0, 0.05) is 6.61 Å². The normalized spacial score (nSPS) is 11.9. The molecule has 0 aliphatic rings. The van der Waals surface area contributed by atoms with Crippen LogP contribution in [0.5, 0.6) is 0 Å². The van der Waals surface area contributed by atoms with E-state index in [-0.39, 0.29) is 12.6 Å². The van der Waals surface area contributed by atoms with Crippen LogP contribution in [0.3, 0.4) is 0 Å². The molecule has 0 atom stereocenters. The summed E-state index contributed by atoms with van der Waals surface area (Å²) >= 11 is 0. The number of carbonyl (C=O) groups is 1. The topological polar surface area (TPSA) is 303 Å². The van der Waals surface area contributed by atoms with Gasteiger partial charge in [0.1, 0.15) is 6.61 Å². The summed E-state index contributed by atoms with van der Waals surface area (Å²) in [6.45, 7) is 37.8. The molecule has 0 heterocycles. The zero-order chi connectivity index (χ0) is 83.2. The van der Waals surface area contributed by atoms with Gasteiger partial charge in [0.05, 0.1) is 395 Å². The van der Waals surface area contributed by atoms with Crippen LogP contribution in [0.15, 0.2) is 0 Å². The molecule has 0 saturated carbocycles. The second-order valence-corrected chi connectivity index (χ2v) is 27.0. The Morgan fingerprint density at radius 3 is 0.371 bits per heavy atom. The van der Waals surface area contributed by atoms with E-state index in [4.69, 9.17) is 147 Å². The third kappa shape index (κ3) is 103. The Bertz CT molecular complexity index is 1740. The molecule has 0 bridgehead atoms. The summed E-state index contributed by atoms with van der Waals surface area (Å²) in [5, 5.41) is 0. The Kier molecular flexibility index (Phi) is 104. The molecule has 696 valence electrons. The number of ether oxygens (including phenoxy) is 31. The first-order valence-corrected chi connectivity index (χ1v) is 44.0. The van der Waals surface area contributed by atoms with Crippen LogP contribution in [-0.4, -0.2) is 409 Å². The molecule has 0 saturated heterocycles. The van der Waals surface area contributed by atoms with Crippen molar-refractivity contribution in [2.45, 2.75) is 137 Å². The summed E-state index contributed by atoms with van der Waals surface area (Å²) < 4.78 is 172. The fourth-order valence-corrected chi connectivity index (χ4v) is 9.76. The minimum absolute atomic E-state index is 0.207. The van der Waals surface area contributed by atoms with Crippen LogP contribution in [0.1, 0.15) is 137 Å². The molecule has 0 amide bonds. The van der Waals surface area contributed by atoms with E-state index in [1.54, 1.807) is 0 Å². The van der Waals surface area contributed by atoms with Gasteiger partial charge in [-0.3, -0.25) is 4.79 Å². The van der Waals surface area contributed by atoms with Crippen molar-refractivity contribution >= 4 is 5.97 Å². The van der Waals surface area contributed by atoms with Crippen LogP contribution in [-0.2, 0) is 152 Å². The van der Waals surface area contributed by atoms with E-state index < -0.39 is 5.41 Å². The predicted octanol–water partition coefficient (Wildman–Crippen LogP) is 8.73. The Labute approximate surface area is 700 Å². The van der Waals surface area contributed by atoms with E-state index in [2.05, 4.69) is 6.92 Å². The standard InChI is InChI=1S/C84H168O32/c1-5-7-8-9-10-11-12-13-14-15-16-17-18-19-20-21-22-86-23-24-87-25-26-88-27-28-89-29-30-90-31-32-91-33-34-92-35-36-93-37-38-94-39-40-95-41-42-96-43-44-97-45-46-98-47-48-99-49-50-100-51-52-101-53-54-102-55-56-103-57-58-104-59-60-105-61-62-106-63-64-107-65-66-108-67-68-109-69-70-110-71-72-111-73-74-112-75-76-113-77-78-114-79-80-115-81-82-116-83(85)84(3,4)6-2/h5-82H2,1-4H3. The lowest BCUT2D eigenvalue weighted by Gasteiger charge is -2.20. The molecule has 32 heteroatoms. The van der Waals surface area contributed by atoms with Crippen LogP contribution < -0.4 is 0 Å². The monoisotopic (exact) mass is 1690 g/mol. The van der Waals surface area contributed by atoms with Gasteiger partial charge in [-0.1, -0.05) is 110 Å². The van der Waals surface area contributed by atoms with Crippen LogP contribution in [0.4, 0.5) is 0 Å². The summed E-state index contributed by atoms with van der Waals surface area (Å²) in [4.78, 5) is 11.9. The summed E-state index contributed by atoms with van der Waals surface area (Å²) in [5.74, 6) is -0.207. The molecule has 0 fully saturated rings. The average molecular weight is 1690 g/mol. The highest BCUT2D eigenvalue weighted by Crippen LogP contribution is 2.21. The first-order chi connectivity index (χ1) is 57.5. The zero-order valence-electron chi connectivity index (χ0n) is 73.2. The lowest BCUT2D eigenvalue weighted by atomic mass is 9.91. The van der Waals surface area contributed by atoms with E-state index in [9.17, 15) is 4.79 Å². The molecular weight excluding hydrogens is 1520 g/mol. The highest BCUT2D eigenvalue weighted by Gasteiger charge is 2.27. The van der Waals surface area contributed by atoms with Gasteiger partial charge in [0.2, 0.25) is 0 Å². The van der Waals surface area contributed by atoms with Crippen LogP contribution in [0.25, 0.3) is 0 Å². The minimum atomic E-state index is -0.469. The van der Waals surface area contributed by atoms with Gasteiger partial charge in [-0.05, 0) is 26.7 Å². The zero-order valence-corrected chi connectivity index (χ0v) is 73.2. The van der Waals surface area contributed by atoms with Crippen molar-refractivity contribution in [2.75, 3.05) is 403 Å². The number of carbonyl (C=O) groups excluding carboxylic acids is 1. The molecule has 0 radical (unpaired) electrons.